The van der Waals surface area contributed by atoms with E-state index >= 15 is 0 Å². The molecule has 1 unspecified atom stereocenters. The van der Waals surface area contributed by atoms with E-state index in [4.69, 9.17) is 4.52 Å². The summed E-state index contributed by atoms with van der Waals surface area (Å²) in [5.74, 6) is 1.38. The average Bonchev–Trinajstić information content (AvgIpc) is 2.78. The molecule has 0 spiro atoms. The highest BCUT2D eigenvalue weighted by Gasteiger charge is 2.23. The molecule has 6 heteroatoms. The minimum Gasteiger partial charge on any atom is -0.395 e. The van der Waals surface area contributed by atoms with Crippen LogP contribution in [0.3, 0.4) is 0 Å². The Morgan fingerprint density at radius 1 is 1.33 bits per heavy atom. The predicted molar refractivity (Wildman–Crippen MR) is 67.0 cm³/mol. The van der Waals surface area contributed by atoms with Gasteiger partial charge in [0.25, 0.3) is 0 Å². The second-order valence-electron chi connectivity index (χ2n) is 4.79. The Morgan fingerprint density at radius 2 is 2.06 bits per heavy atom. The molecule has 1 fully saturated rings. The van der Waals surface area contributed by atoms with Gasteiger partial charge in [0, 0.05) is 32.2 Å². The SMILES string of the molecule is CCC(CO)N1CCN(Cc2nc(C)no2)CC1. The number of rotatable bonds is 5. The minimum atomic E-state index is 0.249. The van der Waals surface area contributed by atoms with Crippen LogP contribution in [0.2, 0.25) is 0 Å². The maximum absolute atomic E-state index is 9.29. The first-order chi connectivity index (χ1) is 8.72. The van der Waals surface area contributed by atoms with Gasteiger partial charge in [0.15, 0.2) is 5.82 Å². The van der Waals surface area contributed by atoms with Crippen molar-refractivity contribution in [3.8, 4) is 0 Å². The van der Waals surface area contributed by atoms with Gasteiger partial charge in [0.2, 0.25) is 5.89 Å². The van der Waals surface area contributed by atoms with E-state index in [0.717, 1.165) is 39.1 Å². The van der Waals surface area contributed by atoms with Gasteiger partial charge in [-0.3, -0.25) is 9.80 Å². The molecule has 1 aromatic heterocycles. The molecule has 1 aromatic rings. The van der Waals surface area contributed by atoms with Gasteiger partial charge in [0.1, 0.15) is 0 Å². The minimum absolute atomic E-state index is 0.249. The summed E-state index contributed by atoms with van der Waals surface area (Å²) < 4.78 is 5.13. The van der Waals surface area contributed by atoms with Gasteiger partial charge >= 0.3 is 0 Å². The molecular formula is C12H22N4O2. The number of aryl methyl sites for hydroxylation is 1. The average molecular weight is 254 g/mol. The number of hydrogen-bond donors (Lipinski definition) is 1. The first-order valence-corrected chi connectivity index (χ1v) is 6.59. The zero-order valence-electron chi connectivity index (χ0n) is 11.2. The number of aliphatic hydroxyl groups excluding tert-OH is 1. The molecule has 0 aliphatic carbocycles. The number of hydrogen-bond acceptors (Lipinski definition) is 6. The van der Waals surface area contributed by atoms with Crippen LogP contribution in [-0.4, -0.2) is 63.9 Å². The predicted octanol–water partition coefficient (Wildman–Crippen LogP) is 0.267. The lowest BCUT2D eigenvalue weighted by atomic mass is 10.1. The first kappa shape index (κ1) is 13.5. The van der Waals surface area contributed by atoms with Gasteiger partial charge in [-0.05, 0) is 13.3 Å². The molecule has 1 saturated heterocycles. The highest BCUT2D eigenvalue weighted by molar-refractivity contribution is 4.85. The number of aliphatic hydroxyl groups is 1. The summed E-state index contributed by atoms with van der Waals surface area (Å²) in [5.41, 5.74) is 0. The molecule has 2 heterocycles. The third-order valence-corrected chi connectivity index (χ3v) is 3.53. The topological polar surface area (TPSA) is 65.6 Å². The summed E-state index contributed by atoms with van der Waals surface area (Å²) >= 11 is 0. The summed E-state index contributed by atoms with van der Waals surface area (Å²) in [4.78, 5) is 8.89. The van der Waals surface area contributed by atoms with Crippen molar-refractivity contribution in [3.63, 3.8) is 0 Å². The van der Waals surface area contributed by atoms with Crippen LogP contribution < -0.4 is 0 Å². The van der Waals surface area contributed by atoms with Crippen molar-refractivity contribution in [2.24, 2.45) is 0 Å². The fraction of sp³-hybridized carbons (Fsp3) is 0.833. The maximum atomic E-state index is 9.29. The van der Waals surface area contributed by atoms with Gasteiger partial charge in [0.05, 0.1) is 13.2 Å². The van der Waals surface area contributed by atoms with Crippen LogP contribution in [0.5, 0.6) is 0 Å². The number of piperazine rings is 1. The molecule has 2 rings (SSSR count). The molecule has 0 saturated carbocycles. The van der Waals surface area contributed by atoms with E-state index in [0.29, 0.717) is 17.8 Å². The smallest absolute Gasteiger partial charge is 0.240 e. The van der Waals surface area contributed by atoms with Crippen molar-refractivity contribution in [3.05, 3.63) is 11.7 Å². The maximum Gasteiger partial charge on any atom is 0.240 e. The first-order valence-electron chi connectivity index (χ1n) is 6.59. The van der Waals surface area contributed by atoms with E-state index in [2.05, 4.69) is 26.9 Å². The summed E-state index contributed by atoms with van der Waals surface area (Å²) in [7, 11) is 0. The fourth-order valence-corrected chi connectivity index (χ4v) is 2.38. The second kappa shape index (κ2) is 6.26. The normalized spacial score (nSPS) is 20.2. The summed E-state index contributed by atoms with van der Waals surface area (Å²) in [5, 5.41) is 13.1. The van der Waals surface area contributed by atoms with Gasteiger partial charge < -0.3 is 9.63 Å². The van der Waals surface area contributed by atoms with Crippen LogP contribution in [0.25, 0.3) is 0 Å². The molecule has 102 valence electrons. The zero-order chi connectivity index (χ0) is 13.0. The van der Waals surface area contributed by atoms with Crippen molar-refractivity contribution in [1.82, 2.24) is 19.9 Å². The molecular weight excluding hydrogens is 232 g/mol. The highest BCUT2D eigenvalue weighted by Crippen LogP contribution is 2.11. The lowest BCUT2D eigenvalue weighted by molar-refractivity contribution is 0.0568. The monoisotopic (exact) mass is 254 g/mol. The largest absolute Gasteiger partial charge is 0.395 e. The van der Waals surface area contributed by atoms with E-state index < -0.39 is 0 Å². The highest BCUT2D eigenvalue weighted by atomic mass is 16.5. The van der Waals surface area contributed by atoms with Crippen LogP contribution in [0.15, 0.2) is 4.52 Å². The lowest BCUT2D eigenvalue weighted by Gasteiger charge is -2.37. The van der Waals surface area contributed by atoms with E-state index in [1.54, 1.807) is 0 Å². The molecule has 6 nitrogen and oxygen atoms in total. The molecule has 1 atom stereocenters. The van der Waals surface area contributed by atoms with Gasteiger partial charge in [-0.2, -0.15) is 4.98 Å². The van der Waals surface area contributed by atoms with Crippen LogP contribution in [-0.2, 0) is 6.54 Å². The van der Waals surface area contributed by atoms with E-state index in [1.165, 1.54) is 0 Å². The van der Waals surface area contributed by atoms with E-state index in [9.17, 15) is 5.11 Å². The molecule has 0 amide bonds. The lowest BCUT2D eigenvalue weighted by Crippen LogP contribution is -2.50. The van der Waals surface area contributed by atoms with E-state index in [1.807, 2.05) is 6.92 Å². The molecule has 1 aliphatic heterocycles. The molecule has 1 aliphatic rings. The Bertz CT molecular complexity index is 357. The number of aromatic nitrogens is 2. The van der Waals surface area contributed by atoms with Crippen LogP contribution >= 0.6 is 0 Å². The molecule has 18 heavy (non-hydrogen) atoms. The van der Waals surface area contributed by atoms with Crippen molar-refractivity contribution in [2.45, 2.75) is 32.9 Å². The van der Waals surface area contributed by atoms with Crippen LogP contribution in [0, 0.1) is 6.92 Å². The Kier molecular flexibility index (Phi) is 4.68. The Morgan fingerprint density at radius 3 is 2.56 bits per heavy atom. The Balaban J connectivity index is 1.79. The van der Waals surface area contributed by atoms with Crippen molar-refractivity contribution < 1.29 is 9.63 Å². The fourth-order valence-electron chi connectivity index (χ4n) is 2.38. The third-order valence-electron chi connectivity index (χ3n) is 3.53. The second-order valence-corrected chi connectivity index (χ2v) is 4.79. The molecule has 0 radical (unpaired) electrons. The summed E-state index contributed by atoms with van der Waals surface area (Å²) in [6.45, 7) is 8.88. The van der Waals surface area contributed by atoms with E-state index in [-0.39, 0.29) is 6.61 Å². The summed E-state index contributed by atoms with van der Waals surface area (Å²) in [6, 6.07) is 0.304. The standard InChI is InChI=1S/C12H22N4O2/c1-3-11(9-17)16-6-4-15(5-7-16)8-12-13-10(2)14-18-12/h11,17H,3-9H2,1-2H3. The van der Waals surface area contributed by atoms with Gasteiger partial charge in [-0.1, -0.05) is 12.1 Å². The van der Waals surface area contributed by atoms with Crippen LogP contribution in [0.1, 0.15) is 25.1 Å². The third kappa shape index (κ3) is 3.28. The zero-order valence-corrected chi connectivity index (χ0v) is 11.2. The quantitative estimate of drug-likeness (QED) is 0.813. The number of nitrogens with zero attached hydrogens (tertiary/aromatic N) is 4. The molecule has 0 aromatic carbocycles. The van der Waals surface area contributed by atoms with Crippen molar-refractivity contribution in [2.75, 3.05) is 32.8 Å². The molecule has 0 bridgehead atoms. The Hall–Kier alpha value is -0.980. The van der Waals surface area contributed by atoms with Crippen LogP contribution in [0.4, 0.5) is 0 Å². The summed E-state index contributed by atoms with van der Waals surface area (Å²) in [6.07, 6.45) is 0.999. The van der Waals surface area contributed by atoms with Gasteiger partial charge in [-0.25, -0.2) is 0 Å². The van der Waals surface area contributed by atoms with Gasteiger partial charge in [-0.15, -0.1) is 0 Å². The Labute approximate surface area is 108 Å². The van der Waals surface area contributed by atoms with Crippen molar-refractivity contribution >= 4 is 0 Å². The van der Waals surface area contributed by atoms with Crippen molar-refractivity contribution in [1.29, 1.82) is 0 Å². The molecule has 1 N–H and O–H groups in total.